The molecule has 2 aromatic carbocycles. The highest BCUT2D eigenvalue weighted by Gasteiger charge is 2.08. The third kappa shape index (κ3) is 2.89. The number of carbonyl (C=O) groups is 1. The van der Waals surface area contributed by atoms with Crippen LogP contribution in [0.2, 0.25) is 0 Å². The molecule has 4 nitrogen and oxygen atoms in total. The van der Waals surface area contributed by atoms with E-state index in [2.05, 4.69) is 10.3 Å². The zero-order chi connectivity index (χ0) is 14.7. The van der Waals surface area contributed by atoms with Crippen molar-refractivity contribution in [3.8, 4) is 5.75 Å². The van der Waals surface area contributed by atoms with Crippen LogP contribution in [0.5, 0.6) is 5.75 Å². The first kappa shape index (κ1) is 13.2. The molecule has 106 valence electrons. The zero-order valence-electron chi connectivity index (χ0n) is 11.7. The van der Waals surface area contributed by atoms with E-state index in [0.717, 1.165) is 22.2 Å². The molecule has 0 aliphatic carbocycles. The van der Waals surface area contributed by atoms with Gasteiger partial charge in [0.15, 0.2) is 0 Å². The largest absolute Gasteiger partial charge is 0.489 e. The van der Waals surface area contributed by atoms with Gasteiger partial charge < -0.3 is 15.0 Å². The van der Waals surface area contributed by atoms with E-state index in [1.165, 1.54) is 0 Å². The Morgan fingerprint density at radius 3 is 2.71 bits per heavy atom. The van der Waals surface area contributed by atoms with Crippen molar-refractivity contribution in [2.45, 2.75) is 6.61 Å². The summed E-state index contributed by atoms with van der Waals surface area (Å²) in [5, 5.41) is 3.59. The average Bonchev–Trinajstić information content (AvgIpc) is 2.96. The van der Waals surface area contributed by atoms with Crippen LogP contribution in [0.15, 0.2) is 54.6 Å². The van der Waals surface area contributed by atoms with Crippen molar-refractivity contribution in [3.05, 3.63) is 65.9 Å². The number of hydrogen-bond acceptors (Lipinski definition) is 2. The Bertz CT molecular complexity index is 763. The molecule has 0 fully saturated rings. The molecule has 3 rings (SSSR count). The van der Waals surface area contributed by atoms with Gasteiger partial charge in [-0.1, -0.05) is 30.3 Å². The molecule has 3 aromatic rings. The minimum absolute atomic E-state index is 0.127. The van der Waals surface area contributed by atoms with E-state index in [1.807, 2.05) is 54.6 Å². The number of ether oxygens (including phenoxy) is 1. The Kier molecular flexibility index (Phi) is 3.60. The molecular weight excluding hydrogens is 264 g/mol. The number of hydrogen-bond donors (Lipinski definition) is 2. The lowest BCUT2D eigenvalue weighted by atomic mass is 10.2. The first-order chi connectivity index (χ1) is 10.3. The summed E-state index contributed by atoms with van der Waals surface area (Å²) in [7, 11) is 1.61. The van der Waals surface area contributed by atoms with Crippen LogP contribution in [-0.2, 0) is 6.61 Å². The SMILES string of the molecule is CNC(=O)c1cc2ccc(OCc3ccccc3)cc2[nH]1. The van der Waals surface area contributed by atoms with Crippen molar-refractivity contribution in [1.82, 2.24) is 10.3 Å². The van der Waals surface area contributed by atoms with E-state index in [0.29, 0.717) is 12.3 Å². The predicted octanol–water partition coefficient (Wildman–Crippen LogP) is 3.11. The van der Waals surface area contributed by atoms with Gasteiger partial charge in [0.2, 0.25) is 0 Å². The van der Waals surface area contributed by atoms with Crippen molar-refractivity contribution in [2.24, 2.45) is 0 Å². The summed E-state index contributed by atoms with van der Waals surface area (Å²) in [6.45, 7) is 0.523. The fraction of sp³-hybridized carbons (Fsp3) is 0.118. The van der Waals surface area contributed by atoms with Crippen molar-refractivity contribution in [3.63, 3.8) is 0 Å². The van der Waals surface area contributed by atoms with Gasteiger partial charge in [0.05, 0.1) is 0 Å². The topological polar surface area (TPSA) is 54.1 Å². The van der Waals surface area contributed by atoms with Gasteiger partial charge in [-0.3, -0.25) is 4.79 Å². The highest BCUT2D eigenvalue weighted by atomic mass is 16.5. The Hall–Kier alpha value is -2.75. The number of aromatic nitrogens is 1. The molecule has 1 aromatic heterocycles. The van der Waals surface area contributed by atoms with Crippen LogP contribution in [0.1, 0.15) is 16.1 Å². The second-order valence-electron chi connectivity index (χ2n) is 4.79. The van der Waals surface area contributed by atoms with E-state index in [4.69, 9.17) is 4.74 Å². The van der Waals surface area contributed by atoms with Crippen LogP contribution in [-0.4, -0.2) is 17.9 Å². The third-order valence-corrected chi connectivity index (χ3v) is 3.31. The minimum Gasteiger partial charge on any atom is -0.489 e. The standard InChI is InChI=1S/C17H16N2O2/c1-18-17(20)16-9-13-7-8-14(10-15(13)19-16)21-11-12-5-3-2-4-6-12/h2-10,19H,11H2,1H3,(H,18,20). The number of nitrogens with one attached hydrogen (secondary N) is 2. The molecule has 0 aliphatic heterocycles. The number of fused-ring (bicyclic) bond motifs is 1. The van der Waals surface area contributed by atoms with Crippen LogP contribution < -0.4 is 10.1 Å². The fourth-order valence-corrected chi connectivity index (χ4v) is 2.19. The summed E-state index contributed by atoms with van der Waals surface area (Å²) in [5.41, 5.74) is 2.56. The predicted molar refractivity (Wildman–Crippen MR) is 82.5 cm³/mol. The van der Waals surface area contributed by atoms with E-state index in [-0.39, 0.29) is 5.91 Å². The van der Waals surface area contributed by atoms with Gasteiger partial charge in [-0.2, -0.15) is 0 Å². The molecule has 1 amide bonds. The van der Waals surface area contributed by atoms with Gasteiger partial charge in [0, 0.05) is 24.0 Å². The highest BCUT2D eigenvalue weighted by molar-refractivity contribution is 5.98. The Morgan fingerprint density at radius 2 is 1.95 bits per heavy atom. The van der Waals surface area contributed by atoms with E-state index >= 15 is 0 Å². The number of amides is 1. The first-order valence-corrected chi connectivity index (χ1v) is 6.78. The molecule has 0 radical (unpaired) electrons. The number of rotatable bonds is 4. The second kappa shape index (κ2) is 5.71. The molecule has 0 saturated carbocycles. The van der Waals surface area contributed by atoms with Crippen molar-refractivity contribution in [1.29, 1.82) is 0 Å². The lowest BCUT2D eigenvalue weighted by molar-refractivity contribution is 0.0959. The second-order valence-corrected chi connectivity index (χ2v) is 4.79. The Balaban J connectivity index is 1.79. The van der Waals surface area contributed by atoms with Crippen LogP contribution in [0.25, 0.3) is 10.9 Å². The maximum atomic E-state index is 11.6. The molecule has 1 heterocycles. The van der Waals surface area contributed by atoms with Crippen LogP contribution in [0, 0.1) is 0 Å². The minimum atomic E-state index is -0.127. The molecular formula is C17H16N2O2. The molecule has 0 spiro atoms. The zero-order valence-corrected chi connectivity index (χ0v) is 11.7. The monoisotopic (exact) mass is 280 g/mol. The van der Waals surface area contributed by atoms with Crippen LogP contribution in [0.3, 0.4) is 0 Å². The summed E-state index contributed by atoms with van der Waals surface area (Å²) < 4.78 is 5.78. The highest BCUT2D eigenvalue weighted by Crippen LogP contribution is 2.22. The van der Waals surface area contributed by atoms with Crippen molar-refractivity contribution >= 4 is 16.8 Å². The van der Waals surface area contributed by atoms with Crippen molar-refractivity contribution in [2.75, 3.05) is 7.05 Å². The fourth-order valence-electron chi connectivity index (χ4n) is 2.19. The first-order valence-electron chi connectivity index (χ1n) is 6.78. The van der Waals surface area contributed by atoms with E-state index in [1.54, 1.807) is 7.05 Å². The molecule has 0 unspecified atom stereocenters. The summed E-state index contributed by atoms with van der Waals surface area (Å²) >= 11 is 0. The normalized spacial score (nSPS) is 10.5. The van der Waals surface area contributed by atoms with Gasteiger partial charge in [-0.15, -0.1) is 0 Å². The summed E-state index contributed by atoms with van der Waals surface area (Å²) in [6, 6.07) is 17.6. The number of H-pyrrole nitrogens is 1. The van der Waals surface area contributed by atoms with E-state index < -0.39 is 0 Å². The molecule has 4 heteroatoms. The summed E-state index contributed by atoms with van der Waals surface area (Å²) in [6.07, 6.45) is 0. The van der Waals surface area contributed by atoms with Crippen LogP contribution in [0.4, 0.5) is 0 Å². The van der Waals surface area contributed by atoms with Gasteiger partial charge in [-0.05, 0) is 23.8 Å². The van der Waals surface area contributed by atoms with Crippen molar-refractivity contribution < 1.29 is 9.53 Å². The molecule has 0 aliphatic rings. The third-order valence-electron chi connectivity index (χ3n) is 3.31. The summed E-state index contributed by atoms with van der Waals surface area (Å²) in [4.78, 5) is 14.7. The summed E-state index contributed by atoms with van der Waals surface area (Å²) in [5.74, 6) is 0.648. The lowest BCUT2D eigenvalue weighted by Crippen LogP contribution is -2.17. The maximum absolute atomic E-state index is 11.6. The van der Waals surface area contributed by atoms with E-state index in [9.17, 15) is 4.79 Å². The number of carbonyl (C=O) groups excluding carboxylic acids is 1. The van der Waals surface area contributed by atoms with Gasteiger partial charge in [0.25, 0.3) is 5.91 Å². The van der Waals surface area contributed by atoms with Crippen LogP contribution >= 0.6 is 0 Å². The number of aromatic amines is 1. The smallest absolute Gasteiger partial charge is 0.267 e. The van der Waals surface area contributed by atoms with Gasteiger partial charge in [-0.25, -0.2) is 0 Å². The lowest BCUT2D eigenvalue weighted by Gasteiger charge is -2.06. The van der Waals surface area contributed by atoms with Gasteiger partial charge in [0.1, 0.15) is 18.1 Å². The molecule has 0 atom stereocenters. The van der Waals surface area contributed by atoms with Gasteiger partial charge >= 0.3 is 0 Å². The quantitative estimate of drug-likeness (QED) is 0.771. The molecule has 2 N–H and O–H groups in total. The maximum Gasteiger partial charge on any atom is 0.267 e. The molecule has 0 saturated heterocycles. The average molecular weight is 280 g/mol. The Morgan fingerprint density at radius 1 is 1.14 bits per heavy atom. The Labute approximate surface area is 122 Å². The number of benzene rings is 2. The molecule has 21 heavy (non-hydrogen) atoms. The molecule has 0 bridgehead atoms.